The molecule has 0 saturated heterocycles. The van der Waals surface area contributed by atoms with Gasteiger partial charge >= 0.3 is 0 Å². The Labute approximate surface area is 162 Å². The average Bonchev–Trinajstić information content (AvgIpc) is 2.70. The van der Waals surface area contributed by atoms with Gasteiger partial charge < -0.3 is 25.4 Å². The molecule has 1 amide bonds. The summed E-state index contributed by atoms with van der Waals surface area (Å²) in [4.78, 5) is 16.2. The minimum Gasteiger partial charge on any atom is -0.379 e. The molecule has 0 aliphatic heterocycles. The second-order valence-electron chi connectivity index (χ2n) is 5.96. The first kappa shape index (κ1) is 22.9. The van der Waals surface area contributed by atoms with Crippen molar-refractivity contribution >= 4 is 11.9 Å². The van der Waals surface area contributed by atoms with Gasteiger partial charge in [-0.1, -0.05) is 43.7 Å². The zero-order valence-corrected chi connectivity index (χ0v) is 16.6. The molecule has 7 heteroatoms. The van der Waals surface area contributed by atoms with E-state index in [-0.39, 0.29) is 12.5 Å². The third kappa shape index (κ3) is 12.8. The summed E-state index contributed by atoms with van der Waals surface area (Å²) in [6, 6.07) is 9.81. The maximum absolute atomic E-state index is 11.9. The molecule has 7 nitrogen and oxygen atoms in total. The van der Waals surface area contributed by atoms with E-state index in [0.717, 1.165) is 31.6 Å². The fourth-order valence-electron chi connectivity index (χ4n) is 2.15. The Morgan fingerprint density at radius 2 is 1.70 bits per heavy atom. The quantitative estimate of drug-likeness (QED) is 0.261. The zero-order chi connectivity index (χ0) is 19.6. The first-order valence-electron chi connectivity index (χ1n) is 9.74. The molecule has 1 aromatic carbocycles. The van der Waals surface area contributed by atoms with E-state index in [1.54, 1.807) is 0 Å². The number of hydrogen-bond donors (Lipinski definition) is 3. The van der Waals surface area contributed by atoms with Crippen LogP contribution in [0.4, 0.5) is 0 Å². The van der Waals surface area contributed by atoms with Crippen molar-refractivity contribution in [1.29, 1.82) is 0 Å². The summed E-state index contributed by atoms with van der Waals surface area (Å²) in [5.74, 6) is 0.492. The van der Waals surface area contributed by atoms with Gasteiger partial charge in [0, 0.05) is 26.2 Å². The third-order valence-electron chi connectivity index (χ3n) is 3.61. The summed E-state index contributed by atoms with van der Waals surface area (Å²) < 4.78 is 10.9. The molecule has 3 N–H and O–H groups in total. The van der Waals surface area contributed by atoms with Gasteiger partial charge in [0.1, 0.15) is 6.54 Å². The number of aliphatic imine (C=N–C) groups is 1. The van der Waals surface area contributed by atoms with Crippen LogP contribution in [0.1, 0.15) is 32.3 Å². The van der Waals surface area contributed by atoms with Crippen molar-refractivity contribution in [2.75, 3.05) is 46.1 Å². The van der Waals surface area contributed by atoms with E-state index in [9.17, 15) is 4.79 Å². The highest BCUT2D eigenvalue weighted by Gasteiger charge is 2.02. The number of nitrogens with one attached hydrogen (secondary N) is 3. The van der Waals surface area contributed by atoms with Gasteiger partial charge in [-0.2, -0.15) is 0 Å². The van der Waals surface area contributed by atoms with E-state index in [2.05, 4.69) is 27.9 Å². The average molecular weight is 379 g/mol. The Morgan fingerprint density at radius 3 is 2.41 bits per heavy atom. The lowest BCUT2D eigenvalue weighted by atomic mass is 10.2. The molecule has 0 saturated carbocycles. The number of carbonyl (C=O) groups is 1. The van der Waals surface area contributed by atoms with Gasteiger partial charge in [-0.25, -0.2) is 4.99 Å². The number of guanidine groups is 1. The van der Waals surface area contributed by atoms with Crippen LogP contribution < -0.4 is 16.0 Å². The van der Waals surface area contributed by atoms with E-state index < -0.39 is 0 Å². The number of ether oxygens (including phenoxy) is 2. The van der Waals surface area contributed by atoms with Crippen LogP contribution in [0.5, 0.6) is 0 Å². The van der Waals surface area contributed by atoms with Crippen molar-refractivity contribution < 1.29 is 14.3 Å². The summed E-state index contributed by atoms with van der Waals surface area (Å²) in [5.41, 5.74) is 1.07. The monoisotopic (exact) mass is 378 g/mol. The lowest BCUT2D eigenvalue weighted by molar-refractivity contribution is -0.119. The molecule has 0 fully saturated rings. The van der Waals surface area contributed by atoms with E-state index in [0.29, 0.717) is 38.9 Å². The summed E-state index contributed by atoms with van der Waals surface area (Å²) >= 11 is 0. The molecule has 152 valence electrons. The molecular weight excluding hydrogens is 344 g/mol. The van der Waals surface area contributed by atoms with Gasteiger partial charge in [-0.15, -0.1) is 0 Å². The first-order chi connectivity index (χ1) is 13.3. The summed E-state index contributed by atoms with van der Waals surface area (Å²) in [7, 11) is 0. The number of amides is 1. The summed E-state index contributed by atoms with van der Waals surface area (Å²) in [6.07, 6.45) is 2.23. The normalized spacial score (nSPS) is 11.3. The predicted octanol–water partition coefficient (Wildman–Crippen LogP) is 1.69. The predicted molar refractivity (Wildman–Crippen MR) is 109 cm³/mol. The molecule has 1 aromatic rings. The number of unbranched alkanes of at least 4 members (excludes halogenated alkanes) is 1. The smallest absolute Gasteiger partial charge is 0.242 e. The highest BCUT2D eigenvalue weighted by atomic mass is 16.5. The highest BCUT2D eigenvalue weighted by Crippen LogP contribution is 1.96. The van der Waals surface area contributed by atoms with Crippen LogP contribution in [0.25, 0.3) is 0 Å². The molecule has 0 aliphatic rings. The van der Waals surface area contributed by atoms with Crippen LogP contribution in [-0.2, 0) is 20.8 Å². The van der Waals surface area contributed by atoms with E-state index in [1.807, 2.05) is 37.3 Å². The van der Waals surface area contributed by atoms with Crippen LogP contribution in [0.3, 0.4) is 0 Å². The SMILES string of the molecule is CCCCOCCOCCNC(=NCC(=O)NCc1ccccc1)NCC. The van der Waals surface area contributed by atoms with Gasteiger partial charge in [0.25, 0.3) is 0 Å². The summed E-state index contributed by atoms with van der Waals surface area (Å²) in [6.45, 7) is 8.61. The van der Waals surface area contributed by atoms with Crippen LogP contribution in [0, 0.1) is 0 Å². The Morgan fingerprint density at radius 1 is 0.963 bits per heavy atom. The van der Waals surface area contributed by atoms with Crippen molar-refractivity contribution in [1.82, 2.24) is 16.0 Å². The molecule has 27 heavy (non-hydrogen) atoms. The molecule has 0 heterocycles. The second kappa shape index (κ2) is 16.1. The van der Waals surface area contributed by atoms with Crippen molar-refractivity contribution in [2.24, 2.45) is 4.99 Å². The number of rotatable bonds is 14. The lowest BCUT2D eigenvalue weighted by Gasteiger charge is -2.11. The van der Waals surface area contributed by atoms with Crippen molar-refractivity contribution in [3.8, 4) is 0 Å². The molecule has 0 spiro atoms. The van der Waals surface area contributed by atoms with Gasteiger partial charge in [0.2, 0.25) is 5.91 Å². The first-order valence-corrected chi connectivity index (χ1v) is 9.74. The fourth-order valence-corrected chi connectivity index (χ4v) is 2.15. The lowest BCUT2D eigenvalue weighted by Crippen LogP contribution is -2.40. The van der Waals surface area contributed by atoms with Crippen molar-refractivity contribution in [2.45, 2.75) is 33.2 Å². The Hall–Kier alpha value is -2.12. The van der Waals surface area contributed by atoms with Crippen molar-refractivity contribution in [3.63, 3.8) is 0 Å². The number of benzene rings is 1. The fraction of sp³-hybridized carbons (Fsp3) is 0.600. The minimum atomic E-state index is -0.114. The second-order valence-corrected chi connectivity index (χ2v) is 5.96. The van der Waals surface area contributed by atoms with Gasteiger partial charge in [-0.05, 0) is 18.9 Å². The number of nitrogens with zero attached hydrogens (tertiary/aromatic N) is 1. The maximum atomic E-state index is 11.9. The minimum absolute atomic E-state index is 0.0777. The number of carbonyl (C=O) groups excluding carboxylic acids is 1. The topological polar surface area (TPSA) is 84.0 Å². The third-order valence-corrected chi connectivity index (χ3v) is 3.61. The summed E-state index contributed by atoms with van der Waals surface area (Å²) in [5, 5.41) is 9.13. The molecule has 0 aliphatic carbocycles. The highest BCUT2D eigenvalue weighted by molar-refractivity contribution is 5.84. The molecule has 0 bridgehead atoms. The van der Waals surface area contributed by atoms with Crippen LogP contribution in [0.15, 0.2) is 35.3 Å². The Kier molecular flexibility index (Phi) is 13.7. The molecular formula is C20H34N4O3. The van der Waals surface area contributed by atoms with Gasteiger partial charge in [-0.3, -0.25) is 4.79 Å². The molecule has 0 atom stereocenters. The van der Waals surface area contributed by atoms with Crippen LogP contribution in [0.2, 0.25) is 0 Å². The van der Waals surface area contributed by atoms with Crippen LogP contribution in [-0.4, -0.2) is 57.9 Å². The largest absolute Gasteiger partial charge is 0.379 e. The van der Waals surface area contributed by atoms with Gasteiger partial charge in [0.05, 0.1) is 19.8 Å². The van der Waals surface area contributed by atoms with E-state index >= 15 is 0 Å². The van der Waals surface area contributed by atoms with E-state index in [4.69, 9.17) is 9.47 Å². The van der Waals surface area contributed by atoms with Crippen molar-refractivity contribution in [3.05, 3.63) is 35.9 Å². The molecule has 0 unspecified atom stereocenters. The molecule has 0 radical (unpaired) electrons. The Balaban J connectivity index is 2.16. The zero-order valence-electron chi connectivity index (χ0n) is 16.6. The number of hydrogen-bond acceptors (Lipinski definition) is 4. The van der Waals surface area contributed by atoms with E-state index in [1.165, 1.54) is 0 Å². The van der Waals surface area contributed by atoms with Gasteiger partial charge in [0.15, 0.2) is 5.96 Å². The molecule has 1 rings (SSSR count). The Bertz CT molecular complexity index is 523. The maximum Gasteiger partial charge on any atom is 0.242 e. The molecule has 0 aromatic heterocycles. The van der Waals surface area contributed by atoms with Crippen LogP contribution >= 0.6 is 0 Å². The standard InChI is InChI=1S/C20H34N4O3/c1-3-5-12-26-14-15-27-13-11-22-20(21-4-2)24-17-19(25)23-16-18-9-7-6-8-10-18/h6-10H,3-5,11-17H2,1-2H3,(H,23,25)(H2,21,22,24).